The zero-order valence-corrected chi connectivity index (χ0v) is 13.6. The molecule has 2 heterocycles. The molecule has 2 aliphatic rings. The van der Waals surface area contributed by atoms with Gasteiger partial charge in [-0.25, -0.2) is 0 Å². The van der Waals surface area contributed by atoms with E-state index in [-0.39, 0.29) is 31.3 Å². The fourth-order valence-electron chi connectivity index (χ4n) is 3.58. The minimum atomic E-state index is -4.17. The number of halogens is 3. The third-order valence-corrected chi connectivity index (χ3v) is 4.89. The molecule has 1 N–H and O–H groups in total. The summed E-state index contributed by atoms with van der Waals surface area (Å²) in [6, 6.07) is -0.381. The van der Waals surface area contributed by atoms with E-state index < -0.39 is 12.1 Å². The maximum absolute atomic E-state index is 12.8. The Labute approximate surface area is 138 Å². The predicted octanol–water partition coefficient (Wildman–Crippen LogP) is 1.64. The van der Waals surface area contributed by atoms with Gasteiger partial charge in [-0.2, -0.15) is 13.2 Å². The van der Waals surface area contributed by atoms with Gasteiger partial charge >= 0.3 is 6.18 Å². The van der Waals surface area contributed by atoms with Crippen molar-refractivity contribution in [2.75, 3.05) is 13.1 Å². The quantitative estimate of drug-likeness (QED) is 0.905. The van der Waals surface area contributed by atoms with Crippen molar-refractivity contribution in [3.63, 3.8) is 0 Å². The monoisotopic (exact) mass is 345 g/mol. The highest BCUT2D eigenvalue weighted by molar-refractivity contribution is 5.78. The Hall–Kier alpha value is -1.64. The van der Waals surface area contributed by atoms with Gasteiger partial charge in [-0.3, -0.25) is 9.69 Å². The van der Waals surface area contributed by atoms with Crippen molar-refractivity contribution in [2.24, 2.45) is 5.92 Å². The molecule has 9 heteroatoms. The lowest BCUT2D eigenvalue weighted by Gasteiger charge is -2.32. The number of rotatable bonds is 3. The SMILES string of the molecule is Cc1nnc2n1CCN(CC(=O)N[C@H]1CCC[C@H](C(F)(F)F)C1)C2. The largest absolute Gasteiger partial charge is 0.391 e. The molecule has 1 saturated carbocycles. The second kappa shape index (κ2) is 6.70. The summed E-state index contributed by atoms with van der Waals surface area (Å²) in [6.45, 7) is 4.03. The van der Waals surface area contributed by atoms with E-state index in [9.17, 15) is 18.0 Å². The van der Waals surface area contributed by atoms with Crippen molar-refractivity contribution in [2.45, 2.75) is 57.9 Å². The van der Waals surface area contributed by atoms with E-state index >= 15 is 0 Å². The molecule has 24 heavy (non-hydrogen) atoms. The summed E-state index contributed by atoms with van der Waals surface area (Å²) in [5.74, 6) is 0.163. The van der Waals surface area contributed by atoms with Crippen LogP contribution in [0.3, 0.4) is 0 Å². The van der Waals surface area contributed by atoms with Crippen LogP contribution in [0.1, 0.15) is 37.3 Å². The molecule has 0 bridgehead atoms. The van der Waals surface area contributed by atoms with E-state index in [4.69, 9.17) is 0 Å². The van der Waals surface area contributed by atoms with E-state index in [1.165, 1.54) is 0 Å². The number of aromatic nitrogens is 3. The minimum Gasteiger partial charge on any atom is -0.352 e. The van der Waals surface area contributed by atoms with Crippen molar-refractivity contribution in [3.8, 4) is 0 Å². The molecule has 0 unspecified atom stereocenters. The number of nitrogens with one attached hydrogen (secondary N) is 1. The summed E-state index contributed by atoms with van der Waals surface area (Å²) in [7, 11) is 0. The smallest absolute Gasteiger partial charge is 0.352 e. The van der Waals surface area contributed by atoms with E-state index in [0.29, 0.717) is 25.9 Å². The van der Waals surface area contributed by atoms with Crippen LogP contribution in [-0.2, 0) is 17.9 Å². The van der Waals surface area contributed by atoms with Gasteiger partial charge in [0.2, 0.25) is 5.91 Å². The van der Waals surface area contributed by atoms with Crippen molar-refractivity contribution in [1.29, 1.82) is 0 Å². The average molecular weight is 345 g/mol. The van der Waals surface area contributed by atoms with Gasteiger partial charge in [0.1, 0.15) is 11.6 Å². The predicted molar refractivity (Wildman–Crippen MR) is 80.0 cm³/mol. The van der Waals surface area contributed by atoms with Gasteiger partial charge in [0, 0.05) is 19.1 Å². The minimum absolute atomic E-state index is 0.0111. The van der Waals surface area contributed by atoms with Crippen molar-refractivity contribution >= 4 is 5.91 Å². The third kappa shape index (κ3) is 3.88. The number of fused-ring (bicyclic) bond motifs is 1. The molecule has 134 valence electrons. The molecule has 6 nitrogen and oxygen atoms in total. The Morgan fingerprint density at radius 3 is 2.83 bits per heavy atom. The van der Waals surface area contributed by atoms with Gasteiger partial charge < -0.3 is 9.88 Å². The number of carbonyl (C=O) groups is 1. The number of hydrogen-bond donors (Lipinski definition) is 1. The zero-order valence-electron chi connectivity index (χ0n) is 13.6. The van der Waals surface area contributed by atoms with Crippen LogP contribution in [0.2, 0.25) is 0 Å². The molecule has 0 spiro atoms. The summed E-state index contributed by atoms with van der Waals surface area (Å²) in [5.41, 5.74) is 0. The summed E-state index contributed by atoms with van der Waals surface area (Å²) < 4.78 is 40.5. The highest BCUT2D eigenvalue weighted by Crippen LogP contribution is 2.37. The van der Waals surface area contributed by atoms with Crippen LogP contribution in [-0.4, -0.2) is 50.9 Å². The van der Waals surface area contributed by atoms with Gasteiger partial charge in [-0.15, -0.1) is 10.2 Å². The van der Waals surface area contributed by atoms with Crippen molar-refractivity contribution in [1.82, 2.24) is 25.0 Å². The number of alkyl halides is 3. The summed E-state index contributed by atoms with van der Waals surface area (Å²) in [5, 5.41) is 10.9. The Balaban J connectivity index is 1.49. The summed E-state index contributed by atoms with van der Waals surface area (Å²) in [6.07, 6.45) is -2.90. The molecule has 0 aromatic carbocycles. The van der Waals surface area contributed by atoms with Crippen LogP contribution in [0.5, 0.6) is 0 Å². The first-order valence-electron chi connectivity index (χ1n) is 8.30. The van der Waals surface area contributed by atoms with Gasteiger partial charge in [-0.1, -0.05) is 6.42 Å². The third-order valence-electron chi connectivity index (χ3n) is 4.89. The van der Waals surface area contributed by atoms with Gasteiger partial charge in [0.05, 0.1) is 19.0 Å². The Morgan fingerprint density at radius 2 is 2.08 bits per heavy atom. The van der Waals surface area contributed by atoms with Gasteiger partial charge in [0.25, 0.3) is 0 Å². The summed E-state index contributed by atoms with van der Waals surface area (Å²) in [4.78, 5) is 14.1. The molecule has 1 fully saturated rings. The molecule has 1 amide bonds. The topological polar surface area (TPSA) is 63.1 Å². The standard InChI is InChI=1S/C15H22F3N5O/c1-10-20-21-13-8-22(5-6-23(10)13)9-14(24)19-12-4-2-3-11(7-12)15(16,17)18/h11-12H,2-9H2,1H3,(H,19,24)/t11-,12-/m0/s1. The molecule has 1 aliphatic heterocycles. The van der Waals surface area contributed by atoms with E-state index in [1.807, 2.05) is 16.4 Å². The fourth-order valence-corrected chi connectivity index (χ4v) is 3.58. The first-order valence-corrected chi connectivity index (χ1v) is 8.30. The first kappa shape index (κ1) is 17.2. The molecule has 1 aromatic heterocycles. The van der Waals surface area contributed by atoms with Crippen LogP contribution in [0.4, 0.5) is 13.2 Å². The van der Waals surface area contributed by atoms with Crippen LogP contribution in [0.25, 0.3) is 0 Å². The lowest BCUT2D eigenvalue weighted by molar-refractivity contribution is -0.184. The van der Waals surface area contributed by atoms with Crippen LogP contribution in [0.15, 0.2) is 0 Å². The van der Waals surface area contributed by atoms with Crippen LogP contribution >= 0.6 is 0 Å². The first-order chi connectivity index (χ1) is 11.3. The molecule has 0 saturated heterocycles. The molecule has 1 aliphatic carbocycles. The normalized spacial score (nSPS) is 25.3. The molecular formula is C15H22F3N5O. The Morgan fingerprint density at radius 1 is 1.29 bits per heavy atom. The maximum atomic E-state index is 12.8. The van der Waals surface area contributed by atoms with Gasteiger partial charge in [0.15, 0.2) is 0 Å². The summed E-state index contributed by atoms with van der Waals surface area (Å²) >= 11 is 0. The lowest BCUT2D eigenvalue weighted by Crippen LogP contribution is -2.46. The van der Waals surface area contributed by atoms with Crippen molar-refractivity contribution < 1.29 is 18.0 Å². The van der Waals surface area contributed by atoms with E-state index in [0.717, 1.165) is 18.2 Å². The van der Waals surface area contributed by atoms with Gasteiger partial charge in [-0.05, 0) is 26.2 Å². The second-order valence-corrected chi connectivity index (χ2v) is 6.70. The second-order valence-electron chi connectivity index (χ2n) is 6.70. The molecule has 3 rings (SSSR count). The highest BCUT2D eigenvalue weighted by Gasteiger charge is 2.42. The lowest BCUT2D eigenvalue weighted by atomic mass is 9.85. The van der Waals surface area contributed by atoms with E-state index in [1.54, 1.807) is 0 Å². The van der Waals surface area contributed by atoms with Crippen molar-refractivity contribution in [3.05, 3.63) is 11.6 Å². The number of nitrogens with zero attached hydrogens (tertiary/aromatic N) is 4. The molecule has 0 radical (unpaired) electrons. The van der Waals surface area contributed by atoms with E-state index in [2.05, 4.69) is 15.5 Å². The molecule has 1 aromatic rings. The number of aryl methyl sites for hydroxylation is 1. The molecule has 2 atom stereocenters. The highest BCUT2D eigenvalue weighted by atomic mass is 19.4. The fraction of sp³-hybridized carbons (Fsp3) is 0.800. The van der Waals surface area contributed by atoms with Crippen LogP contribution in [0, 0.1) is 12.8 Å². The number of carbonyl (C=O) groups excluding carboxylic acids is 1. The van der Waals surface area contributed by atoms with Crippen LogP contribution < -0.4 is 5.32 Å². The zero-order chi connectivity index (χ0) is 17.3. The number of hydrogen-bond acceptors (Lipinski definition) is 4. The average Bonchev–Trinajstić information content (AvgIpc) is 2.87. The molecular weight excluding hydrogens is 323 g/mol. The Bertz CT molecular complexity index is 600. The number of amides is 1. The Kier molecular flexibility index (Phi) is 4.80. The maximum Gasteiger partial charge on any atom is 0.391 e.